The quantitative estimate of drug-likeness (QED) is 0.876. The molecule has 0 saturated carbocycles. The zero-order valence-corrected chi connectivity index (χ0v) is 13.1. The van der Waals surface area contributed by atoms with Gasteiger partial charge in [0, 0.05) is 12.6 Å². The molecule has 1 aliphatic rings. The van der Waals surface area contributed by atoms with E-state index < -0.39 is 10.0 Å². The summed E-state index contributed by atoms with van der Waals surface area (Å²) in [5, 5.41) is 3.20. The second kappa shape index (κ2) is 6.74. The zero-order chi connectivity index (χ0) is 14.6. The van der Waals surface area contributed by atoms with Crippen molar-refractivity contribution in [3.8, 4) is 0 Å². The molecule has 0 spiro atoms. The first-order valence-electron chi connectivity index (χ1n) is 7.40. The number of nitrogens with one attached hydrogen (secondary N) is 1. The van der Waals surface area contributed by atoms with Gasteiger partial charge in [-0.2, -0.15) is 4.31 Å². The monoisotopic (exact) mass is 300 g/mol. The molecule has 0 bridgehead atoms. The first kappa shape index (κ1) is 15.5. The minimum absolute atomic E-state index is 0.0748. The molecule has 1 N–H and O–H groups in total. The highest BCUT2D eigenvalue weighted by atomic mass is 32.2. The first-order chi connectivity index (χ1) is 9.59. The van der Waals surface area contributed by atoms with E-state index in [4.69, 9.17) is 4.42 Å². The molecule has 1 unspecified atom stereocenters. The van der Waals surface area contributed by atoms with Gasteiger partial charge in [-0.15, -0.1) is 0 Å². The SMILES string of the molecule is CCNCc1ccc(S(=O)(=O)N2CCCCC2CC)o1. The second-order valence-electron chi connectivity index (χ2n) is 5.17. The fraction of sp³-hybridized carbons (Fsp3) is 0.714. The van der Waals surface area contributed by atoms with Crippen LogP contribution in [0.2, 0.25) is 0 Å². The minimum Gasteiger partial charge on any atom is -0.447 e. The number of hydrogen-bond acceptors (Lipinski definition) is 4. The van der Waals surface area contributed by atoms with Crippen LogP contribution in [0.15, 0.2) is 21.6 Å². The third-order valence-electron chi connectivity index (χ3n) is 3.79. The molecular formula is C14H24N2O3S. The molecule has 5 nitrogen and oxygen atoms in total. The molecule has 0 radical (unpaired) electrons. The lowest BCUT2D eigenvalue weighted by Gasteiger charge is -2.33. The Balaban J connectivity index is 2.18. The number of hydrogen-bond donors (Lipinski definition) is 1. The van der Waals surface area contributed by atoms with Crippen molar-refractivity contribution >= 4 is 10.0 Å². The Bertz CT molecular complexity index is 524. The minimum atomic E-state index is -3.49. The molecule has 6 heteroatoms. The van der Waals surface area contributed by atoms with Gasteiger partial charge < -0.3 is 9.73 Å². The summed E-state index contributed by atoms with van der Waals surface area (Å²) in [4.78, 5) is 0. The molecular weight excluding hydrogens is 276 g/mol. The van der Waals surface area contributed by atoms with Gasteiger partial charge in [-0.05, 0) is 37.9 Å². The van der Waals surface area contributed by atoms with Crippen molar-refractivity contribution in [2.24, 2.45) is 0 Å². The van der Waals surface area contributed by atoms with Gasteiger partial charge >= 0.3 is 0 Å². The van der Waals surface area contributed by atoms with Crippen LogP contribution in [0.25, 0.3) is 0 Å². The third kappa shape index (κ3) is 3.24. The van der Waals surface area contributed by atoms with E-state index in [9.17, 15) is 8.42 Å². The molecule has 2 rings (SSSR count). The van der Waals surface area contributed by atoms with Crippen molar-refractivity contribution in [1.29, 1.82) is 0 Å². The number of furan rings is 1. The van der Waals surface area contributed by atoms with Crippen LogP contribution in [0.3, 0.4) is 0 Å². The van der Waals surface area contributed by atoms with Crippen LogP contribution in [0.4, 0.5) is 0 Å². The lowest BCUT2D eigenvalue weighted by Crippen LogP contribution is -2.43. The van der Waals surface area contributed by atoms with Gasteiger partial charge in [-0.25, -0.2) is 8.42 Å². The molecule has 0 amide bonds. The van der Waals surface area contributed by atoms with Crippen molar-refractivity contribution in [2.75, 3.05) is 13.1 Å². The highest BCUT2D eigenvalue weighted by Crippen LogP contribution is 2.27. The summed E-state index contributed by atoms with van der Waals surface area (Å²) >= 11 is 0. The molecule has 1 aromatic rings. The van der Waals surface area contributed by atoms with Crippen molar-refractivity contribution in [1.82, 2.24) is 9.62 Å². The Labute approximate surface area is 121 Å². The van der Waals surface area contributed by atoms with Crippen LogP contribution >= 0.6 is 0 Å². The summed E-state index contributed by atoms with van der Waals surface area (Å²) in [5.74, 6) is 0.662. The first-order valence-corrected chi connectivity index (χ1v) is 8.84. The summed E-state index contributed by atoms with van der Waals surface area (Å²) in [5.41, 5.74) is 0. The van der Waals surface area contributed by atoms with Crippen molar-refractivity contribution in [2.45, 2.75) is 57.2 Å². The second-order valence-corrected chi connectivity index (χ2v) is 7.00. The average molecular weight is 300 g/mol. The Morgan fingerprint density at radius 2 is 2.15 bits per heavy atom. The van der Waals surface area contributed by atoms with Crippen LogP contribution in [0.1, 0.15) is 45.3 Å². The van der Waals surface area contributed by atoms with Gasteiger partial charge in [0.1, 0.15) is 5.76 Å². The van der Waals surface area contributed by atoms with Gasteiger partial charge in [0.25, 0.3) is 10.0 Å². The smallest absolute Gasteiger partial charge is 0.276 e. The summed E-state index contributed by atoms with van der Waals surface area (Å²) in [7, 11) is -3.49. The van der Waals surface area contributed by atoms with Crippen LogP contribution in [-0.2, 0) is 16.6 Å². The van der Waals surface area contributed by atoms with Crippen LogP contribution in [0, 0.1) is 0 Å². The number of rotatable bonds is 6. The fourth-order valence-electron chi connectivity index (χ4n) is 2.65. The molecule has 1 fully saturated rings. The Morgan fingerprint density at radius 3 is 2.85 bits per heavy atom. The van der Waals surface area contributed by atoms with Crippen molar-refractivity contribution < 1.29 is 12.8 Å². The van der Waals surface area contributed by atoms with Gasteiger partial charge in [-0.3, -0.25) is 0 Å². The number of piperidine rings is 1. The predicted octanol–water partition coefficient (Wildman–Crippen LogP) is 2.34. The molecule has 2 heterocycles. The predicted molar refractivity (Wildman–Crippen MR) is 77.9 cm³/mol. The molecule has 0 aliphatic carbocycles. The molecule has 114 valence electrons. The Kier molecular flexibility index (Phi) is 5.23. The van der Waals surface area contributed by atoms with Crippen molar-refractivity contribution in [3.63, 3.8) is 0 Å². The summed E-state index contributed by atoms with van der Waals surface area (Å²) in [6.45, 7) is 6.03. The topological polar surface area (TPSA) is 62.6 Å². The maximum Gasteiger partial charge on any atom is 0.276 e. The Hall–Kier alpha value is -0.850. The van der Waals surface area contributed by atoms with Gasteiger partial charge in [0.05, 0.1) is 6.54 Å². The highest BCUT2D eigenvalue weighted by molar-refractivity contribution is 7.89. The number of sulfonamides is 1. The summed E-state index contributed by atoms with van der Waals surface area (Å²) in [6, 6.07) is 3.42. The molecule has 20 heavy (non-hydrogen) atoms. The van der Waals surface area contributed by atoms with E-state index in [2.05, 4.69) is 5.32 Å². The lowest BCUT2D eigenvalue weighted by atomic mass is 10.0. The van der Waals surface area contributed by atoms with E-state index in [1.54, 1.807) is 16.4 Å². The van der Waals surface area contributed by atoms with Crippen molar-refractivity contribution in [3.05, 3.63) is 17.9 Å². The van der Waals surface area contributed by atoms with Gasteiger partial charge in [-0.1, -0.05) is 20.3 Å². The summed E-state index contributed by atoms with van der Waals surface area (Å²) in [6.07, 6.45) is 3.83. The zero-order valence-electron chi connectivity index (χ0n) is 12.3. The highest BCUT2D eigenvalue weighted by Gasteiger charge is 2.34. The molecule has 1 aromatic heterocycles. The van der Waals surface area contributed by atoms with E-state index in [0.717, 1.165) is 32.2 Å². The van der Waals surface area contributed by atoms with Gasteiger partial charge in [0.15, 0.2) is 0 Å². The van der Waals surface area contributed by atoms with Crippen LogP contribution in [-0.4, -0.2) is 31.9 Å². The largest absolute Gasteiger partial charge is 0.447 e. The van der Waals surface area contributed by atoms with E-state index in [1.165, 1.54) is 0 Å². The van der Waals surface area contributed by atoms with E-state index in [-0.39, 0.29) is 11.1 Å². The standard InChI is InChI=1S/C14H24N2O3S/c1-3-12-7-5-6-10-16(12)20(17,18)14-9-8-13(19-14)11-15-4-2/h8-9,12,15H,3-7,10-11H2,1-2H3. The third-order valence-corrected chi connectivity index (χ3v) is 5.62. The van der Waals surface area contributed by atoms with Gasteiger partial charge in [0.2, 0.25) is 5.09 Å². The van der Waals surface area contributed by atoms with Crippen LogP contribution < -0.4 is 5.32 Å². The van der Waals surface area contributed by atoms with E-state index in [1.807, 2.05) is 13.8 Å². The van der Waals surface area contributed by atoms with E-state index in [0.29, 0.717) is 18.8 Å². The molecule has 1 atom stereocenters. The molecule has 1 saturated heterocycles. The lowest BCUT2D eigenvalue weighted by molar-refractivity contribution is 0.240. The van der Waals surface area contributed by atoms with E-state index >= 15 is 0 Å². The normalized spacial score (nSPS) is 21.2. The fourth-order valence-corrected chi connectivity index (χ4v) is 4.35. The maximum absolute atomic E-state index is 12.7. The molecule has 0 aromatic carbocycles. The van der Waals surface area contributed by atoms with Crippen LogP contribution in [0.5, 0.6) is 0 Å². The average Bonchev–Trinajstić information content (AvgIpc) is 2.94. The maximum atomic E-state index is 12.7. The molecule has 1 aliphatic heterocycles. The number of nitrogens with zero attached hydrogens (tertiary/aromatic N) is 1. The Morgan fingerprint density at radius 1 is 1.35 bits per heavy atom. The summed E-state index contributed by atoms with van der Waals surface area (Å²) < 4.78 is 32.4.